The largest absolute Gasteiger partial charge is 0.316 e. The molecule has 2 unspecified atom stereocenters. The molecule has 2 aromatic rings. The van der Waals surface area contributed by atoms with Gasteiger partial charge in [0, 0.05) is 24.4 Å². The maximum absolute atomic E-state index is 4.57. The van der Waals surface area contributed by atoms with Gasteiger partial charge in [0.1, 0.15) is 0 Å². The van der Waals surface area contributed by atoms with Crippen LogP contribution in [0, 0.1) is 0 Å². The molecule has 2 atom stereocenters. The molecule has 0 aliphatic rings. The van der Waals surface area contributed by atoms with E-state index in [0.29, 0.717) is 12.0 Å². The number of likely N-dealkylation sites (N-methyl/N-ethyl adjacent to an activating group) is 1. The van der Waals surface area contributed by atoms with E-state index in [1.54, 1.807) is 0 Å². The Labute approximate surface area is 122 Å². The first-order chi connectivity index (χ1) is 9.74. The maximum Gasteiger partial charge on any atom is 0.0419 e. The van der Waals surface area contributed by atoms with Crippen molar-refractivity contribution >= 4 is 0 Å². The Morgan fingerprint density at radius 1 is 1.10 bits per heavy atom. The lowest BCUT2D eigenvalue weighted by molar-refractivity contribution is 0.479. The Hall–Kier alpha value is -1.67. The van der Waals surface area contributed by atoms with Gasteiger partial charge >= 0.3 is 0 Å². The smallest absolute Gasteiger partial charge is 0.0419 e. The van der Waals surface area contributed by atoms with Crippen molar-refractivity contribution in [3.8, 4) is 0 Å². The highest BCUT2D eigenvalue weighted by molar-refractivity contribution is 5.22. The molecule has 0 saturated heterocycles. The monoisotopic (exact) mass is 268 g/mol. The second kappa shape index (κ2) is 7.20. The molecule has 2 heteroatoms. The Balaban J connectivity index is 2.08. The van der Waals surface area contributed by atoms with Crippen LogP contribution in [0.3, 0.4) is 0 Å². The molecule has 20 heavy (non-hydrogen) atoms. The molecule has 1 aromatic heterocycles. The fourth-order valence-electron chi connectivity index (χ4n) is 2.53. The van der Waals surface area contributed by atoms with Crippen LogP contribution >= 0.6 is 0 Å². The van der Waals surface area contributed by atoms with Crippen molar-refractivity contribution in [3.63, 3.8) is 0 Å². The Morgan fingerprint density at radius 3 is 2.40 bits per heavy atom. The number of hydrogen-bond acceptors (Lipinski definition) is 2. The van der Waals surface area contributed by atoms with Gasteiger partial charge in [-0.15, -0.1) is 0 Å². The van der Waals surface area contributed by atoms with E-state index in [2.05, 4.69) is 66.6 Å². The molecular formula is C18H24N2. The molecule has 1 N–H and O–H groups in total. The normalized spacial score (nSPS) is 13.9. The van der Waals surface area contributed by atoms with Gasteiger partial charge in [0.15, 0.2) is 0 Å². The van der Waals surface area contributed by atoms with Gasteiger partial charge in [-0.05, 0) is 36.6 Å². The molecule has 0 aliphatic carbocycles. The average Bonchev–Trinajstić information content (AvgIpc) is 2.53. The number of benzene rings is 1. The van der Waals surface area contributed by atoms with Crippen molar-refractivity contribution in [2.24, 2.45) is 0 Å². The quantitative estimate of drug-likeness (QED) is 0.866. The van der Waals surface area contributed by atoms with Crippen molar-refractivity contribution in [2.45, 2.75) is 38.6 Å². The average molecular weight is 268 g/mol. The fourth-order valence-corrected chi connectivity index (χ4v) is 2.53. The minimum absolute atomic E-state index is 0.400. The molecule has 1 aromatic carbocycles. The molecule has 0 amide bonds. The van der Waals surface area contributed by atoms with Crippen LogP contribution in [0.5, 0.6) is 0 Å². The van der Waals surface area contributed by atoms with Crippen molar-refractivity contribution in [1.82, 2.24) is 10.3 Å². The topological polar surface area (TPSA) is 24.9 Å². The highest BCUT2D eigenvalue weighted by Crippen LogP contribution is 2.21. The van der Waals surface area contributed by atoms with Gasteiger partial charge < -0.3 is 5.32 Å². The predicted molar refractivity (Wildman–Crippen MR) is 85.0 cm³/mol. The van der Waals surface area contributed by atoms with Gasteiger partial charge in [0.25, 0.3) is 0 Å². The Kier molecular flexibility index (Phi) is 5.31. The lowest BCUT2D eigenvalue weighted by Crippen LogP contribution is -2.33. The summed E-state index contributed by atoms with van der Waals surface area (Å²) in [5.74, 6) is 0.467. The number of nitrogens with zero attached hydrogens (tertiary/aromatic N) is 1. The van der Waals surface area contributed by atoms with Crippen molar-refractivity contribution in [3.05, 3.63) is 65.5 Å². The first kappa shape index (κ1) is 14.7. The van der Waals surface area contributed by atoms with Crippen molar-refractivity contribution in [2.75, 3.05) is 7.05 Å². The molecule has 0 radical (unpaired) electrons. The summed E-state index contributed by atoms with van der Waals surface area (Å²) in [5, 5.41) is 3.44. The van der Waals surface area contributed by atoms with E-state index in [9.17, 15) is 0 Å². The van der Waals surface area contributed by atoms with Crippen LogP contribution in [0.4, 0.5) is 0 Å². The molecule has 106 valence electrons. The lowest BCUT2D eigenvalue weighted by atomic mass is 9.90. The van der Waals surface area contributed by atoms with Crippen molar-refractivity contribution < 1.29 is 0 Å². The third-order valence-corrected chi connectivity index (χ3v) is 4.02. The molecule has 0 saturated carbocycles. The van der Waals surface area contributed by atoms with Crippen LogP contribution in [-0.2, 0) is 12.8 Å². The van der Waals surface area contributed by atoms with Crippen molar-refractivity contribution in [1.29, 1.82) is 0 Å². The first-order valence-corrected chi connectivity index (χ1v) is 7.40. The zero-order valence-electron chi connectivity index (χ0n) is 12.6. The molecular weight excluding hydrogens is 244 g/mol. The summed E-state index contributed by atoms with van der Waals surface area (Å²) in [5.41, 5.74) is 3.83. The van der Waals surface area contributed by atoms with E-state index in [0.717, 1.165) is 18.5 Å². The van der Waals surface area contributed by atoms with Crippen LogP contribution in [-0.4, -0.2) is 18.1 Å². The third-order valence-electron chi connectivity index (χ3n) is 4.02. The van der Waals surface area contributed by atoms with Crippen LogP contribution in [0.25, 0.3) is 0 Å². The minimum Gasteiger partial charge on any atom is -0.316 e. The molecule has 1 heterocycles. The van der Waals surface area contributed by atoms with Gasteiger partial charge in [-0.3, -0.25) is 4.98 Å². The highest BCUT2D eigenvalue weighted by Gasteiger charge is 2.18. The van der Waals surface area contributed by atoms with Gasteiger partial charge in [-0.2, -0.15) is 0 Å². The van der Waals surface area contributed by atoms with Crippen LogP contribution in [0.15, 0.2) is 48.7 Å². The van der Waals surface area contributed by atoms with Gasteiger partial charge in [-0.25, -0.2) is 0 Å². The standard InChI is InChI=1S/C18H24N2/c1-4-15-10-11-17(20-13-15)12-18(19-3)14(2)16-8-6-5-7-9-16/h5-11,13-14,18-19H,4,12H2,1-3H3. The summed E-state index contributed by atoms with van der Waals surface area (Å²) < 4.78 is 0. The van der Waals surface area contributed by atoms with Gasteiger partial charge in [0.2, 0.25) is 0 Å². The molecule has 2 rings (SSSR count). The Morgan fingerprint density at radius 2 is 1.85 bits per heavy atom. The summed E-state index contributed by atoms with van der Waals surface area (Å²) in [6, 6.07) is 15.4. The number of aryl methyl sites for hydroxylation is 1. The highest BCUT2D eigenvalue weighted by atomic mass is 14.9. The molecule has 2 nitrogen and oxygen atoms in total. The van der Waals surface area contributed by atoms with Crippen LogP contribution in [0.2, 0.25) is 0 Å². The lowest BCUT2D eigenvalue weighted by Gasteiger charge is -2.24. The summed E-state index contributed by atoms with van der Waals surface area (Å²) >= 11 is 0. The summed E-state index contributed by atoms with van der Waals surface area (Å²) in [4.78, 5) is 4.57. The second-order valence-corrected chi connectivity index (χ2v) is 5.31. The van der Waals surface area contributed by atoms with E-state index in [1.165, 1.54) is 11.1 Å². The van der Waals surface area contributed by atoms with E-state index in [-0.39, 0.29) is 0 Å². The number of aromatic nitrogens is 1. The van der Waals surface area contributed by atoms with E-state index in [4.69, 9.17) is 0 Å². The fraction of sp³-hybridized carbons (Fsp3) is 0.389. The van der Waals surface area contributed by atoms with Gasteiger partial charge in [-0.1, -0.05) is 50.2 Å². The van der Waals surface area contributed by atoms with E-state index >= 15 is 0 Å². The second-order valence-electron chi connectivity index (χ2n) is 5.31. The maximum atomic E-state index is 4.57. The zero-order chi connectivity index (χ0) is 14.4. The molecule has 0 spiro atoms. The Bertz CT molecular complexity index is 505. The van der Waals surface area contributed by atoms with E-state index in [1.807, 2.05) is 13.2 Å². The molecule has 0 fully saturated rings. The molecule has 0 aliphatic heterocycles. The third kappa shape index (κ3) is 3.67. The SMILES string of the molecule is CCc1ccc(CC(NC)C(C)c2ccccc2)nc1. The van der Waals surface area contributed by atoms with E-state index < -0.39 is 0 Å². The van der Waals surface area contributed by atoms with Crippen LogP contribution < -0.4 is 5.32 Å². The van der Waals surface area contributed by atoms with Crippen LogP contribution in [0.1, 0.15) is 36.6 Å². The molecule has 0 bridgehead atoms. The number of nitrogens with one attached hydrogen (secondary N) is 1. The number of pyridine rings is 1. The first-order valence-electron chi connectivity index (χ1n) is 7.40. The number of rotatable bonds is 6. The summed E-state index contributed by atoms with van der Waals surface area (Å²) in [6.45, 7) is 4.43. The summed E-state index contributed by atoms with van der Waals surface area (Å²) in [7, 11) is 2.03. The predicted octanol–water partition coefficient (Wildman–Crippen LogP) is 3.58. The zero-order valence-corrected chi connectivity index (χ0v) is 12.6. The number of hydrogen-bond donors (Lipinski definition) is 1. The minimum atomic E-state index is 0.400. The van der Waals surface area contributed by atoms with Gasteiger partial charge in [0.05, 0.1) is 0 Å². The summed E-state index contributed by atoms with van der Waals surface area (Å²) in [6.07, 6.45) is 3.99.